The topological polar surface area (TPSA) is 90.1 Å². The van der Waals surface area contributed by atoms with Crippen LogP contribution in [0.5, 0.6) is 5.75 Å². The molecule has 3 aromatic heterocycles. The van der Waals surface area contributed by atoms with Gasteiger partial charge in [0.2, 0.25) is 0 Å². The highest BCUT2D eigenvalue weighted by atomic mass is 32.1. The third-order valence-electron chi connectivity index (χ3n) is 4.34. The molecule has 0 spiro atoms. The van der Waals surface area contributed by atoms with Gasteiger partial charge in [-0.05, 0) is 61.0 Å². The van der Waals surface area contributed by atoms with Gasteiger partial charge < -0.3 is 15.8 Å². The van der Waals surface area contributed by atoms with Crippen LogP contribution in [0.15, 0.2) is 54.7 Å². The standard InChI is InChI=1S/C21H18N4O2S/c1-12-9-10-23-17(11-12)25-20(26)19-18(22)15-7-8-16(24-21(15)28-19)13-3-5-14(27-2)6-4-13/h3-11H,22H2,1-2H3,(H,23,25,26). The van der Waals surface area contributed by atoms with Crippen LogP contribution in [0, 0.1) is 6.92 Å². The fraction of sp³-hybridized carbons (Fsp3) is 0.0952. The van der Waals surface area contributed by atoms with E-state index >= 15 is 0 Å². The number of anilines is 2. The molecule has 0 aliphatic carbocycles. The number of carbonyl (C=O) groups is 1. The lowest BCUT2D eigenvalue weighted by molar-refractivity contribution is 0.103. The highest BCUT2D eigenvalue weighted by molar-refractivity contribution is 7.21. The molecule has 0 fully saturated rings. The number of ether oxygens (including phenoxy) is 1. The van der Waals surface area contributed by atoms with Gasteiger partial charge in [0.1, 0.15) is 21.3 Å². The van der Waals surface area contributed by atoms with Gasteiger partial charge in [-0.1, -0.05) is 0 Å². The molecule has 4 rings (SSSR count). The Bertz CT molecular complexity index is 1170. The molecule has 7 heteroatoms. The molecular formula is C21H18N4O2S. The van der Waals surface area contributed by atoms with Gasteiger partial charge in [-0.3, -0.25) is 4.79 Å². The number of amides is 1. The fourth-order valence-electron chi connectivity index (χ4n) is 2.87. The van der Waals surface area contributed by atoms with Crippen molar-refractivity contribution < 1.29 is 9.53 Å². The van der Waals surface area contributed by atoms with E-state index in [1.165, 1.54) is 11.3 Å². The molecule has 0 radical (unpaired) electrons. The van der Waals surface area contributed by atoms with E-state index in [-0.39, 0.29) is 5.91 Å². The molecule has 3 N–H and O–H groups in total. The normalized spacial score (nSPS) is 10.8. The number of benzene rings is 1. The summed E-state index contributed by atoms with van der Waals surface area (Å²) in [6.45, 7) is 1.94. The number of carbonyl (C=O) groups excluding carboxylic acids is 1. The van der Waals surface area contributed by atoms with Crippen LogP contribution >= 0.6 is 11.3 Å². The number of hydrogen-bond acceptors (Lipinski definition) is 6. The lowest BCUT2D eigenvalue weighted by Gasteiger charge is -2.04. The molecule has 1 aromatic carbocycles. The van der Waals surface area contributed by atoms with Crippen LogP contribution in [0.4, 0.5) is 11.5 Å². The SMILES string of the molecule is COc1ccc(-c2ccc3c(N)c(C(=O)Nc4cc(C)ccn4)sc3n2)cc1. The van der Waals surface area contributed by atoms with Crippen molar-refractivity contribution in [1.29, 1.82) is 0 Å². The zero-order chi connectivity index (χ0) is 19.7. The van der Waals surface area contributed by atoms with Crippen molar-refractivity contribution in [1.82, 2.24) is 9.97 Å². The number of aryl methyl sites for hydroxylation is 1. The number of thiophene rings is 1. The molecule has 28 heavy (non-hydrogen) atoms. The first-order valence-electron chi connectivity index (χ1n) is 8.62. The van der Waals surface area contributed by atoms with Crippen molar-refractivity contribution >= 4 is 39.0 Å². The average molecular weight is 390 g/mol. The first-order valence-corrected chi connectivity index (χ1v) is 9.44. The highest BCUT2D eigenvalue weighted by Gasteiger charge is 2.18. The van der Waals surface area contributed by atoms with Crippen molar-refractivity contribution in [3.05, 3.63) is 65.2 Å². The Balaban J connectivity index is 1.66. The minimum atomic E-state index is -0.287. The summed E-state index contributed by atoms with van der Waals surface area (Å²) in [5.74, 6) is 0.993. The average Bonchev–Trinajstić information content (AvgIpc) is 3.04. The maximum absolute atomic E-state index is 12.7. The molecule has 1 amide bonds. The quantitative estimate of drug-likeness (QED) is 0.535. The molecule has 140 valence electrons. The van der Waals surface area contributed by atoms with Crippen molar-refractivity contribution in [2.24, 2.45) is 0 Å². The van der Waals surface area contributed by atoms with E-state index in [9.17, 15) is 4.79 Å². The number of methoxy groups -OCH3 is 1. The number of fused-ring (bicyclic) bond motifs is 1. The summed E-state index contributed by atoms with van der Waals surface area (Å²) >= 11 is 1.27. The third-order valence-corrected chi connectivity index (χ3v) is 5.46. The number of nitrogens with one attached hydrogen (secondary N) is 1. The number of hydrogen-bond donors (Lipinski definition) is 2. The number of nitrogens with zero attached hydrogens (tertiary/aromatic N) is 2. The summed E-state index contributed by atoms with van der Waals surface area (Å²) in [5.41, 5.74) is 9.44. The van der Waals surface area contributed by atoms with Crippen LogP contribution < -0.4 is 15.8 Å². The molecule has 0 unspecified atom stereocenters. The summed E-state index contributed by atoms with van der Waals surface area (Å²) in [7, 11) is 1.63. The zero-order valence-corrected chi connectivity index (χ0v) is 16.2. The van der Waals surface area contributed by atoms with E-state index in [0.717, 1.165) is 28.0 Å². The lowest BCUT2D eigenvalue weighted by atomic mass is 10.1. The minimum Gasteiger partial charge on any atom is -0.497 e. The molecule has 0 bridgehead atoms. The second-order valence-corrected chi connectivity index (χ2v) is 7.29. The third kappa shape index (κ3) is 3.39. The van der Waals surface area contributed by atoms with E-state index in [0.29, 0.717) is 21.2 Å². The molecule has 6 nitrogen and oxygen atoms in total. The predicted octanol–water partition coefficient (Wildman–Crippen LogP) is 4.51. The fourth-order valence-corrected chi connectivity index (χ4v) is 3.85. The van der Waals surface area contributed by atoms with E-state index < -0.39 is 0 Å². The van der Waals surface area contributed by atoms with Gasteiger partial charge in [-0.2, -0.15) is 0 Å². The smallest absolute Gasteiger partial charge is 0.269 e. The lowest BCUT2D eigenvalue weighted by Crippen LogP contribution is -2.13. The second-order valence-electron chi connectivity index (χ2n) is 6.30. The maximum Gasteiger partial charge on any atom is 0.269 e. The second kappa shape index (κ2) is 7.28. The number of nitrogens with two attached hydrogens (primary N) is 1. The number of pyridine rings is 2. The minimum absolute atomic E-state index is 0.287. The Morgan fingerprint density at radius 3 is 2.64 bits per heavy atom. The monoisotopic (exact) mass is 390 g/mol. The van der Waals surface area contributed by atoms with E-state index in [1.807, 2.05) is 49.4 Å². The summed E-state index contributed by atoms with van der Waals surface area (Å²) in [4.78, 5) is 22.7. The van der Waals surface area contributed by atoms with Gasteiger partial charge in [0.25, 0.3) is 5.91 Å². The Morgan fingerprint density at radius 1 is 1.14 bits per heavy atom. The summed E-state index contributed by atoms with van der Waals surface area (Å²) < 4.78 is 5.19. The van der Waals surface area contributed by atoms with Gasteiger partial charge in [0, 0.05) is 17.1 Å². The molecular weight excluding hydrogens is 372 g/mol. The van der Waals surface area contributed by atoms with Crippen LogP contribution in [0.25, 0.3) is 21.5 Å². The van der Waals surface area contributed by atoms with Crippen LogP contribution in [-0.2, 0) is 0 Å². The number of rotatable bonds is 4. The van der Waals surface area contributed by atoms with Gasteiger partial charge in [0.05, 0.1) is 18.5 Å². The molecule has 0 saturated heterocycles. The molecule has 0 saturated carbocycles. The number of nitrogen functional groups attached to an aromatic ring is 1. The highest BCUT2D eigenvalue weighted by Crippen LogP contribution is 2.34. The Kier molecular flexibility index (Phi) is 4.67. The van der Waals surface area contributed by atoms with Crippen LogP contribution in [0.3, 0.4) is 0 Å². The largest absolute Gasteiger partial charge is 0.497 e. The van der Waals surface area contributed by atoms with Crippen LogP contribution in [0.2, 0.25) is 0 Å². The van der Waals surface area contributed by atoms with Gasteiger partial charge in [-0.25, -0.2) is 9.97 Å². The Labute approximate surface area is 166 Å². The molecule has 4 aromatic rings. The van der Waals surface area contributed by atoms with Gasteiger partial charge in [0.15, 0.2) is 0 Å². The predicted molar refractivity (Wildman–Crippen MR) is 113 cm³/mol. The summed E-state index contributed by atoms with van der Waals surface area (Å²) in [6, 6.07) is 15.1. The Hall–Kier alpha value is -3.45. The molecule has 3 heterocycles. The first-order chi connectivity index (χ1) is 13.5. The van der Waals surface area contributed by atoms with E-state index in [2.05, 4.69) is 15.3 Å². The van der Waals surface area contributed by atoms with E-state index in [1.54, 1.807) is 19.4 Å². The Morgan fingerprint density at radius 2 is 1.93 bits per heavy atom. The molecule has 0 aliphatic rings. The summed E-state index contributed by atoms with van der Waals surface area (Å²) in [6.07, 6.45) is 1.65. The molecule has 0 aliphatic heterocycles. The number of aromatic nitrogens is 2. The van der Waals surface area contributed by atoms with Gasteiger partial charge >= 0.3 is 0 Å². The van der Waals surface area contributed by atoms with Gasteiger partial charge in [-0.15, -0.1) is 11.3 Å². The van der Waals surface area contributed by atoms with Crippen molar-refractivity contribution in [2.75, 3.05) is 18.2 Å². The molecule has 0 atom stereocenters. The zero-order valence-electron chi connectivity index (χ0n) is 15.4. The van der Waals surface area contributed by atoms with Crippen molar-refractivity contribution in [3.63, 3.8) is 0 Å². The summed E-state index contributed by atoms with van der Waals surface area (Å²) in [5, 5.41) is 3.57. The van der Waals surface area contributed by atoms with Crippen LogP contribution in [-0.4, -0.2) is 23.0 Å². The van der Waals surface area contributed by atoms with E-state index in [4.69, 9.17) is 10.5 Å². The first kappa shape index (κ1) is 17.9. The maximum atomic E-state index is 12.7. The van der Waals surface area contributed by atoms with Crippen molar-refractivity contribution in [3.8, 4) is 17.0 Å². The van der Waals surface area contributed by atoms with Crippen LogP contribution in [0.1, 0.15) is 15.2 Å². The van der Waals surface area contributed by atoms with Crippen molar-refractivity contribution in [2.45, 2.75) is 6.92 Å².